The van der Waals surface area contributed by atoms with Gasteiger partial charge in [0, 0.05) is 19.6 Å². The van der Waals surface area contributed by atoms with Gasteiger partial charge in [-0.25, -0.2) is 4.98 Å². The number of rotatable bonds is 4. The molecule has 3 heteroatoms. The van der Waals surface area contributed by atoms with Gasteiger partial charge in [0.1, 0.15) is 5.82 Å². The van der Waals surface area contributed by atoms with E-state index in [1.54, 1.807) is 0 Å². The van der Waals surface area contributed by atoms with Crippen LogP contribution in [0.15, 0.2) is 24.3 Å². The van der Waals surface area contributed by atoms with Gasteiger partial charge in [0.15, 0.2) is 0 Å². The molecule has 1 heterocycles. The molecule has 0 amide bonds. The maximum atomic E-state index is 8.68. The molecule has 0 aliphatic heterocycles. The number of aryl methyl sites for hydroxylation is 1. The van der Waals surface area contributed by atoms with Crippen molar-refractivity contribution >= 4 is 11.0 Å². The third-order valence-electron chi connectivity index (χ3n) is 2.88. The lowest BCUT2D eigenvalue weighted by molar-refractivity contribution is 0.290. The van der Waals surface area contributed by atoms with Crippen molar-refractivity contribution in [3.05, 3.63) is 30.1 Å². The predicted molar refractivity (Wildman–Crippen MR) is 73.2 cm³/mol. The van der Waals surface area contributed by atoms with Crippen molar-refractivity contribution in [3.8, 4) is 11.8 Å². The fourth-order valence-corrected chi connectivity index (χ4v) is 2.01. The Kier molecular flexibility index (Phi) is 4.38. The van der Waals surface area contributed by atoms with Gasteiger partial charge in [-0.05, 0) is 25.5 Å². The molecule has 18 heavy (non-hydrogen) atoms. The largest absolute Gasteiger partial charge is 0.396 e. The third-order valence-corrected chi connectivity index (χ3v) is 2.88. The number of nitrogens with zero attached hydrogens (tertiary/aromatic N) is 2. The molecule has 3 nitrogen and oxygen atoms in total. The number of fused-ring (bicyclic) bond motifs is 1. The van der Waals surface area contributed by atoms with Gasteiger partial charge in [0.25, 0.3) is 0 Å². The summed E-state index contributed by atoms with van der Waals surface area (Å²) in [6, 6.07) is 8.16. The maximum Gasteiger partial charge on any atom is 0.121 e. The third kappa shape index (κ3) is 2.72. The van der Waals surface area contributed by atoms with Crippen molar-refractivity contribution in [1.29, 1.82) is 0 Å². The van der Waals surface area contributed by atoms with Crippen LogP contribution < -0.4 is 0 Å². The van der Waals surface area contributed by atoms with Gasteiger partial charge >= 0.3 is 0 Å². The number of unbranched alkanes of at least 4 members (excludes halogenated alkanes) is 1. The van der Waals surface area contributed by atoms with E-state index >= 15 is 0 Å². The highest BCUT2D eigenvalue weighted by atomic mass is 16.2. The minimum Gasteiger partial charge on any atom is -0.396 e. The molecule has 1 aromatic carbocycles. The van der Waals surface area contributed by atoms with E-state index in [4.69, 9.17) is 5.11 Å². The van der Waals surface area contributed by atoms with E-state index in [1.165, 1.54) is 5.52 Å². The lowest BCUT2D eigenvalue weighted by atomic mass is 10.3. The Morgan fingerprint density at radius 2 is 2.11 bits per heavy atom. The highest BCUT2D eigenvalue weighted by Crippen LogP contribution is 2.15. The van der Waals surface area contributed by atoms with Crippen molar-refractivity contribution in [1.82, 2.24) is 9.55 Å². The number of hydrogen-bond donors (Lipinski definition) is 1. The molecule has 0 spiro atoms. The van der Waals surface area contributed by atoms with E-state index in [1.807, 2.05) is 18.2 Å². The molecule has 0 fully saturated rings. The van der Waals surface area contributed by atoms with Crippen molar-refractivity contribution in [2.45, 2.75) is 32.7 Å². The van der Waals surface area contributed by atoms with Gasteiger partial charge in [-0.3, -0.25) is 0 Å². The van der Waals surface area contributed by atoms with Crippen molar-refractivity contribution < 1.29 is 5.11 Å². The first-order valence-corrected chi connectivity index (χ1v) is 6.37. The van der Waals surface area contributed by atoms with Gasteiger partial charge < -0.3 is 9.67 Å². The second-order valence-corrected chi connectivity index (χ2v) is 4.12. The SMILES string of the molecule is CCn1c(CC#CCCCO)nc2ccccc21. The van der Waals surface area contributed by atoms with Crippen LogP contribution in [0.5, 0.6) is 0 Å². The lowest BCUT2D eigenvalue weighted by Crippen LogP contribution is -2.00. The van der Waals surface area contributed by atoms with Crippen LogP contribution in [0.3, 0.4) is 0 Å². The molecule has 0 radical (unpaired) electrons. The molecule has 0 saturated heterocycles. The second kappa shape index (κ2) is 6.23. The fourth-order valence-electron chi connectivity index (χ4n) is 2.01. The first-order valence-electron chi connectivity index (χ1n) is 6.37. The van der Waals surface area contributed by atoms with E-state index in [-0.39, 0.29) is 6.61 Å². The summed E-state index contributed by atoms with van der Waals surface area (Å²) in [5.41, 5.74) is 2.21. The van der Waals surface area contributed by atoms with Crippen LogP contribution in [0.25, 0.3) is 11.0 Å². The molecule has 0 unspecified atom stereocenters. The quantitative estimate of drug-likeness (QED) is 0.660. The molecule has 0 aliphatic carbocycles. The molecule has 94 valence electrons. The van der Waals surface area contributed by atoms with Gasteiger partial charge in [-0.1, -0.05) is 18.1 Å². The highest BCUT2D eigenvalue weighted by Gasteiger charge is 2.06. The fraction of sp³-hybridized carbons (Fsp3) is 0.400. The molecule has 1 aromatic heterocycles. The molecular weight excluding hydrogens is 224 g/mol. The minimum atomic E-state index is 0.210. The summed E-state index contributed by atoms with van der Waals surface area (Å²) in [4.78, 5) is 4.61. The number of imidazole rings is 1. The number of aromatic nitrogens is 2. The minimum absolute atomic E-state index is 0.210. The summed E-state index contributed by atoms with van der Waals surface area (Å²) in [5, 5.41) is 8.68. The van der Waals surface area contributed by atoms with E-state index in [9.17, 15) is 0 Å². The Labute approximate surface area is 107 Å². The van der Waals surface area contributed by atoms with Crippen LogP contribution in [0.2, 0.25) is 0 Å². The standard InChI is InChI=1S/C15H18N2O/c1-2-17-14-10-7-6-9-13(14)16-15(17)11-5-3-4-8-12-18/h6-7,9-10,18H,2,4,8,11-12H2,1H3. The van der Waals surface area contributed by atoms with E-state index in [2.05, 4.69) is 34.4 Å². The Hall–Kier alpha value is -1.79. The van der Waals surface area contributed by atoms with Crippen molar-refractivity contribution in [2.75, 3.05) is 6.61 Å². The molecular formula is C15H18N2O. The summed E-state index contributed by atoms with van der Waals surface area (Å²) < 4.78 is 2.20. The smallest absolute Gasteiger partial charge is 0.121 e. The zero-order valence-corrected chi connectivity index (χ0v) is 10.7. The molecule has 1 N–H and O–H groups in total. The molecule has 0 aliphatic rings. The van der Waals surface area contributed by atoms with Crippen molar-refractivity contribution in [2.24, 2.45) is 0 Å². The average Bonchev–Trinajstić information content (AvgIpc) is 2.76. The summed E-state index contributed by atoms with van der Waals surface area (Å²) in [6.45, 7) is 3.24. The van der Waals surface area contributed by atoms with E-state index in [0.29, 0.717) is 6.42 Å². The molecule has 2 rings (SSSR count). The van der Waals surface area contributed by atoms with Gasteiger partial charge in [-0.2, -0.15) is 0 Å². The first kappa shape index (κ1) is 12.7. The van der Waals surface area contributed by atoms with E-state index < -0.39 is 0 Å². The predicted octanol–water partition coefficient (Wildman–Crippen LogP) is 2.37. The first-order chi connectivity index (χ1) is 8.86. The zero-order chi connectivity index (χ0) is 12.8. The lowest BCUT2D eigenvalue weighted by Gasteiger charge is -2.02. The number of hydrogen-bond acceptors (Lipinski definition) is 2. The summed E-state index contributed by atoms with van der Waals surface area (Å²) in [7, 11) is 0. The number of para-hydroxylation sites is 2. The van der Waals surface area contributed by atoms with Gasteiger partial charge in [0.2, 0.25) is 0 Å². The molecule has 0 atom stereocenters. The molecule has 2 aromatic rings. The van der Waals surface area contributed by atoms with Crippen molar-refractivity contribution in [3.63, 3.8) is 0 Å². The normalized spacial score (nSPS) is 10.3. The Balaban J connectivity index is 2.19. The average molecular weight is 242 g/mol. The van der Waals surface area contributed by atoms with Crippen LogP contribution in [0.4, 0.5) is 0 Å². The van der Waals surface area contributed by atoms with Gasteiger partial charge in [-0.15, -0.1) is 5.92 Å². The van der Waals surface area contributed by atoms with Crippen LogP contribution in [-0.2, 0) is 13.0 Å². The van der Waals surface area contributed by atoms with Crippen LogP contribution in [0, 0.1) is 11.8 Å². The van der Waals surface area contributed by atoms with Crippen LogP contribution >= 0.6 is 0 Å². The summed E-state index contributed by atoms with van der Waals surface area (Å²) >= 11 is 0. The Morgan fingerprint density at radius 3 is 2.89 bits per heavy atom. The monoisotopic (exact) mass is 242 g/mol. The topological polar surface area (TPSA) is 38.0 Å². The van der Waals surface area contributed by atoms with E-state index in [0.717, 1.165) is 30.7 Å². The Bertz CT molecular complexity index is 575. The number of aliphatic hydroxyl groups is 1. The number of aliphatic hydroxyl groups excluding tert-OH is 1. The molecule has 0 saturated carbocycles. The summed E-state index contributed by atoms with van der Waals surface area (Å²) in [6.07, 6.45) is 2.17. The Morgan fingerprint density at radius 1 is 1.28 bits per heavy atom. The van der Waals surface area contributed by atoms with Gasteiger partial charge in [0.05, 0.1) is 17.5 Å². The molecule has 0 bridgehead atoms. The van der Waals surface area contributed by atoms with Crippen LogP contribution in [-0.4, -0.2) is 21.3 Å². The maximum absolute atomic E-state index is 8.68. The summed E-state index contributed by atoms with van der Waals surface area (Å²) in [5.74, 6) is 7.22. The second-order valence-electron chi connectivity index (χ2n) is 4.12. The number of benzene rings is 1. The highest BCUT2D eigenvalue weighted by molar-refractivity contribution is 5.75. The van der Waals surface area contributed by atoms with Crippen LogP contribution in [0.1, 0.15) is 25.6 Å². The zero-order valence-electron chi connectivity index (χ0n) is 10.7.